The molecule has 6 nitrogen and oxygen atoms in total. The molecule has 0 radical (unpaired) electrons. The summed E-state index contributed by atoms with van der Waals surface area (Å²) in [5, 5.41) is 11.5. The third-order valence-corrected chi connectivity index (χ3v) is 4.78. The maximum absolute atomic E-state index is 13.1. The van der Waals surface area contributed by atoms with Crippen LogP contribution in [0.5, 0.6) is 11.5 Å². The van der Waals surface area contributed by atoms with Crippen LogP contribution in [-0.2, 0) is 17.5 Å². The van der Waals surface area contributed by atoms with Gasteiger partial charge in [-0.15, -0.1) is 0 Å². The Kier molecular flexibility index (Phi) is 8.04. The maximum atomic E-state index is 13.1. The first-order valence-corrected chi connectivity index (χ1v) is 9.53. The fraction of sp³-hybridized carbons (Fsp3) is 0.316. The lowest BCUT2D eigenvalue weighted by Gasteiger charge is -2.13. The molecule has 31 heavy (non-hydrogen) atoms. The van der Waals surface area contributed by atoms with Gasteiger partial charge in [0.15, 0.2) is 11.5 Å². The number of thioether (sulfide) groups is 1. The number of carbonyl (C=O) groups excluding carboxylic acids is 1. The highest BCUT2D eigenvalue weighted by molar-refractivity contribution is 8.00. The Morgan fingerprint density at radius 2 is 2.00 bits per heavy atom. The van der Waals surface area contributed by atoms with Gasteiger partial charge >= 0.3 is 12.8 Å². The quantitative estimate of drug-likeness (QED) is 0.466. The monoisotopic (exact) mass is 461 g/mol. The molecule has 1 amide bonds. The number of carbonyl (C=O) groups is 1. The zero-order valence-corrected chi connectivity index (χ0v) is 17.0. The van der Waals surface area contributed by atoms with Gasteiger partial charge in [0.1, 0.15) is 11.1 Å². The van der Waals surface area contributed by atoms with Gasteiger partial charge in [-0.1, -0.05) is 17.8 Å². The molecule has 0 saturated heterocycles. The van der Waals surface area contributed by atoms with Gasteiger partial charge in [-0.25, -0.2) is 4.98 Å². The summed E-state index contributed by atoms with van der Waals surface area (Å²) in [7, 11) is 1.27. The molecule has 166 valence electrons. The highest BCUT2D eigenvalue weighted by Gasteiger charge is 2.35. The first kappa shape index (κ1) is 24.2. The van der Waals surface area contributed by atoms with Crippen LogP contribution in [0.1, 0.15) is 22.4 Å². The fourth-order valence-corrected chi connectivity index (χ4v) is 3.36. The lowest BCUT2D eigenvalue weighted by molar-refractivity contribution is -0.138. The van der Waals surface area contributed by atoms with Gasteiger partial charge in [0.2, 0.25) is 5.91 Å². The number of halogens is 5. The Bertz CT molecular complexity index is 993. The van der Waals surface area contributed by atoms with Crippen molar-refractivity contribution >= 4 is 17.7 Å². The van der Waals surface area contributed by atoms with Crippen LogP contribution in [0.3, 0.4) is 0 Å². The van der Waals surface area contributed by atoms with Crippen LogP contribution in [0.25, 0.3) is 0 Å². The highest BCUT2D eigenvalue weighted by Crippen LogP contribution is 2.35. The Balaban J connectivity index is 2.04. The van der Waals surface area contributed by atoms with Crippen molar-refractivity contribution in [2.75, 3.05) is 12.9 Å². The van der Waals surface area contributed by atoms with Crippen molar-refractivity contribution in [1.29, 1.82) is 5.26 Å². The minimum absolute atomic E-state index is 0.00483. The van der Waals surface area contributed by atoms with Crippen LogP contribution in [0.4, 0.5) is 22.0 Å². The molecule has 1 aromatic heterocycles. The third kappa shape index (κ3) is 6.71. The number of hydrogen-bond acceptors (Lipinski definition) is 6. The molecule has 0 spiro atoms. The van der Waals surface area contributed by atoms with E-state index in [0.29, 0.717) is 17.3 Å². The van der Waals surface area contributed by atoms with Gasteiger partial charge in [-0.05, 0) is 30.7 Å². The van der Waals surface area contributed by atoms with Crippen molar-refractivity contribution in [1.82, 2.24) is 10.3 Å². The van der Waals surface area contributed by atoms with Gasteiger partial charge in [-0.2, -0.15) is 27.2 Å². The molecule has 0 bridgehead atoms. The summed E-state index contributed by atoms with van der Waals surface area (Å²) >= 11 is 0.703. The number of benzene rings is 1. The molecule has 0 aliphatic heterocycles. The second kappa shape index (κ2) is 10.3. The minimum Gasteiger partial charge on any atom is -0.493 e. The summed E-state index contributed by atoms with van der Waals surface area (Å²) in [6.07, 6.45) is -4.73. The maximum Gasteiger partial charge on any atom is 0.417 e. The number of nitriles is 1. The smallest absolute Gasteiger partial charge is 0.417 e. The first-order valence-electron chi connectivity index (χ1n) is 8.55. The van der Waals surface area contributed by atoms with Crippen molar-refractivity contribution < 1.29 is 36.2 Å². The predicted octanol–water partition coefficient (Wildman–Crippen LogP) is 4.30. The Morgan fingerprint density at radius 3 is 2.58 bits per heavy atom. The number of hydrogen-bond donors (Lipinski definition) is 1. The summed E-state index contributed by atoms with van der Waals surface area (Å²) in [5.41, 5.74) is -1.17. The van der Waals surface area contributed by atoms with E-state index in [1.165, 1.54) is 38.3 Å². The van der Waals surface area contributed by atoms with Crippen molar-refractivity contribution in [2.45, 2.75) is 31.3 Å². The SMILES string of the molecule is COc1cc(CNC(=O)CSc2nc(C)cc(C(F)(F)F)c2C#N)ccc1OC(F)F. The zero-order valence-electron chi connectivity index (χ0n) is 16.2. The number of nitrogens with one attached hydrogen (secondary N) is 1. The summed E-state index contributed by atoms with van der Waals surface area (Å²) in [6.45, 7) is -1.66. The van der Waals surface area contributed by atoms with Crippen LogP contribution in [0.15, 0.2) is 29.3 Å². The summed E-state index contributed by atoms with van der Waals surface area (Å²) < 4.78 is 73.4. The van der Waals surface area contributed by atoms with E-state index in [9.17, 15) is 26.7 Å². The fourth-order valence-electron chi connectivity index (χ4n) is 2.48. The Labute approximate surface area is 178 Å². The molecular weight excluding hydrogens is 445 g/mol. The number of amides is 1. The third-order valence-electron chi connectivity index (χ3n) is 3.81. The molecule has 0 fully saturated rings. The van der Waals surface area contributed by atoms with Crippen molar-refractivity contribution in [3.63, 3.8) is 0 Å². The number of alkyl halides is 5. The first-order chi connectivity index (χ1) is 14.5. The topological polar surface area (TPSA) is 84.2 Å². The molecule has 2 aromatic rings. The van der Waals surface area contributed by atoms with E-state index in [1.807, 2.05) is 0 Å². The van der Waals surface area contributed by atoms with Crippen molar-refractivity contribution in [3.8, 4) is 17.6 Å². The molecule has 1 heterocycles. The molecule has 2 rings (SSSR count). The number of ether oxygens (including phenoxy) is 2. The number of pyridine rings is 1. The Morgan fingerprint density at radius 1 is 1.29 bits per heavy atom. The number of rotatable bonds is 8. The molecular formula is C19H16F5N3O3S. The van der Waals surface area contributed by atoms with Gasteiger partial charge < -0.3 is 14.8 Å². The average molecular weight is 461 g/mol. The molecule has 0 aliphatic rings. The predicted molar refractivity (Wildman–Crippen MR) is 101 cm³/mol. The molecule has 0 unspecified atom stereocenters. The standard InChI is InChI=1S/C19H16F5N3O3S/c1-10-5-13(19(22,23)24)12(7-25)17(27-10)31-9-16(28)26-8-11-3-4-14(30-18(20)21)15(6-11)29-2/h3-6,18H,8-9H2,1-2H3,(H,26,28). The number of nitrogens with zero attached hydrogens (tertiary/aromatic N) is 2. The van der Waals surface area contributed by atoms with Crippen LogP contribution < -0.4 is 14.8 Å². The van der Waals surface area contributed by atoms with E-state index < -0.39 is 29.8 Å². The van der Waals surface area contributed by atoms with Crippen molar-refractivity contribution in [3.05, 3.63) is 46.6 Å². The summed E-state index contributed by atoms with van der Waals surface area (Å²) in [5.74, 6) is -0.939. The molecule has 12 heteroatoms. The molecule has 1 aromatic carbocycles. The number of aryl methyl sites for hydroxylation is 1. The summed E-state index contributed by atoms with van der Waals surface area (Å²) in [6, 6.07) is 6.37. The highest BCUT2D eigenvalue weighted by atomic mass is 32.2. The second-order valence-corrected chi connectivity index (χ2v) is 6.99. The average Bonchev–Trinajstić information content (AvgIpc) is 2.69. The van der Waals surface area contributed by atoms with Crippen LogP contribution in [0.2, 0.25) is 0 Å². The lowest BCUT2D eigenvalue weighted by atomic mass is 10.1. The van der Waals surface area contributed by atoms with E-state index in [0.717, 1.165) is 6.07 Å². The number of aromatic nitrogens is 1. The second-order valence-electron chi connectivity index (χ2n) is 6.03. The minimum atomic E-state index is -4.73. The molecule has 0 aliphatic carbocycles. The largest absolute Gasteiger partial charge is 0.493 e. The van der Waals surface area contributed by atoms with Gasteiger partial charge in [-0.3, -0.25) is 4.79 Å². The van der Waals surface area contributed by atoms with Crippen molar-refractivity contribution in [2.24, 2.45) is 0 Å². The van der Waals surface area contributed by atoms with Crippen LogP contribution in [-0.4, -0.2) is 30.4 Å². The molecule has 1 N–H and O–H groups in total. The number of methoxy groups -OCH3 is 1. The Hall–Kier alpha value is -3.07. The van der Waals surface area contributed by atoms with Crippen LogP contribution >= 0.6 is 11.8 Å². The van der Waals surface area contributed by atoms with Crippen LogP contribution in [0, 0.1) is 18.3 Å². The zero-order chi connectivity index (χ0) is 23.2. The van der Waals surface area contributed by atoms with E-state index >= 15 is 0 Å². The van der Waals surface area contributed by atoms with Gasteiger partial charge in [0.25, 0.3) is 0 Å². The van der Waals surface area contributed by atoms with E-state index in [4.69, 9.17) is 10.00 Å². The van der Waals surface area contributed by atoms with E-state index in [2.05, 4.69) is 15.0 Å². The summed E-state index contributed by atoms with van der Waals surface area (Å²) in [4.78, 5) is 16.0. The molecule has 0 atom stereocenters. The molecule has 0 saturated carbocycles. The van der Waals surface area contributed by atoms with Gasteiger partial charge in [0, 0.05) is 12.2 Å². The van der Waals surface area contributed by atoms with E-state index in [1.54, 1.807) is 0 Å². The van der Waals surface area contributed by atoms with E-state index in [-0.39, 0.29) is 34.5 Å². The lowest BCUT2D eigenvalue weighted by Crippen LogP contribution is -2.24. The normalized spacial score (nSPS) is 11.2. The van der Waals surface area contributed by atoms with Gasteiger partial charge in [0.05, 0.1) is 24.0 Å².